The molecule has 0 heterocycles. The fraction of sp³-hybridized carbons (Fsp3) is 0.263. The van der Waals surface area contributed by atoms with E-state index in [4.69, 9.17) is 14.2 Å². The molecule has 0 spiro atoms. The standard InChI is InChI=1S/C19H21BrN2O4/c1-4-25-17-8-6-13(11-18(17)26-5-2)19(23)22-21-12-14-10-15(20)7-9-16(14)24-3/h6-12H,4-5H2,1-3H3,(H,22,23)/b21-12+. The molecule has 0 unspecified atom stereocenters. The molecule has 138 valence electrons. The third-order valence-corrected chi connectivity index (χ3v) is 3.86. The Morgan fingerprint density at radius 1 is 1.08 bits per heavy atom. The number of halogens is 1. The summed E-state index contributed by atoms with van der Waals surface area (Å²) in [6.07, 6.45) is 1.53. The maximum Gasteiger partial charge on any atom is 0.271 e. The van der Waals surface area contributed by atoms with Gasteiger partial charge < -0.3 is 14.2 Å². The van der Waals surface area contributed by atoms with E-state index in [9.17, 15) is 4.79 Å². The highest BCUT2D eigenvalue weighted by molar-refractivity contribution is 9.10. The number of hydrazone groups is 1. The van der Waals surface area contributed by atoms with Crippen LogP contribution in [-0.2, 0) is 0 Å². The molecule has 0 saturated carbocycles. The average Bonchev–Trinajstić information content (AvgIpc) is 2.63. The van der Waals surface area contributed by atoms with Crippen molar-refractivity contribution in [2.24, 2.45) is 5.10 Å². The third kappa shape index (κ3) is 5.23. The van der Waals surface area contributed by atoms with Gasteiger partial charge in [-0.3, -0.25) is 4.79 Å². The number of carbonyl (C=O) groups excluding carboxylic acids is 1. The molecule has 6 nitrogen and oxygen atoms in total. The largest absolute Gasteiger partial charge is 0.496 e. The highest BCUT2D eigenvalue weighted by Crippen LogP contribution is 2.28. The first-order valence-corrected chi connectivity index (χ1v) is 8.94. The van der Waals surface area contributed by atoms with Crippen LogP contribution < -0.4 is 19.6 Å². The van der Waals surface area contributed by atoms with Crippen LogP contribution in [0, 0.1) is 0 Å². The highest BCUT2D eigenvalue weighted by atomic mass is 79.9. The first kappa shape index (κ1) is 19.8. The number of carbonyl (C=O) groups is 1. The van der Waals surface area contributed by atoms with Gasteiger partial charge >= 0.3 is 0 Å². The Kier molecular flexibility index (Phi) is 7.47. The molecule has 2 aromatic carbocycles. The molecule has 1 amide bonds. The van der Waals surface area contributed by atoms with Gasteiger partial charge in [0.15, 0.2) is 11.5 Å². The summed E-state index contributed by atoms with van der Waals surface area (Å²) in [4.78, 5) is 12.3. The molecule has 1 N–H and O–H groups in total. The molecule has 2 rings (SSSR count). The number of hydrogen-bond acceptors (Lipinski definition) is 5. The van der Waals surface area contributed by atoms with Crippen molar-refractivity contribution in [1.29, 1.82) is 0 Å². The second-order valence-corrected chi connectivity index (χ2v) is 6.03. The van der Waals surface area contributed by atoms with Crippen molar-refractivity contribution in [3.8, 4) is 17.2 Å². The quantitative estimate of drug-likeness (QED) is 0.517. The summed E-state index contributed by atoms with van der Waals surface area (Å²) in [5.41, 5.74) is 3.67. The predicted octanol–water partition coefficient (Wildman–Crippen LogP) is 4.02. The number of rotatable bonds is 8. The van der Waals surface area contributed by atoms with Gasteiger partial charge in [0.25, 0.3) is 5.91 Å². The van der Waals surface area contributed by atoms with E-state index in [1.165, 1.54) is 6.21 Å². The second-order valence-electron chi connectivity index (χ2n) is 5.11. The molecule has 0 aromatic heterocycles. The molecule has 7 heteroatoms. The minimum Gasteiger partial charge on any atom is -0.496 e. The Bertz CT molecular complexity index is 793. The van der Waals surface area contributed by atoms with Gasteiger partial charge in [0.05, 0.1) is 26.5 Å². The average molecular weight is 421 g/mol. The first-order chi connectivity index (χ1) is 12.6. The zero-order valence-corrected chi connectivity index (χ0v) is 16.5. The third-order valence-electron chi connectivity index (χ3n) is 3.37. The Labute approximate surface area is 161 Å². The van der Waals surface area contributed by atoms with Gasteiger partial charge in [0.2, 0.25) is 0 Å². The molecular weight excluding hydrogens is 400 g/mol. The van der Waals surface area contributed by atoms with Crippen molar-refractivity contribution < 1.29 is 19.0 Å². The summed E-state index contributed by atoms with van der Waals surface area (Å²) in [7, 11) is 1.58. The number of benzene rings is 2. The molecule has 0 bridgehead atoms. The van der Waals surface area contributed by atoms with Crippen LogP contribution in [0.4, 0.5) is 0 Å². The number of nitrogens with one attached hydrogen (secondary N) is 1. The van der Waals surface area contributed by atoms with Gasteiger partial charge in [-0.1, -0.05) is 15.9 Å². The fourth-order valence-corrected chi connectivity index (χ4v) is 2.60. The van der Waals surface area contributed by atoms with Gasteiger partial charge in [0, 0.05) is 15.6 Å². The molecule has 26 heavy (non-hydrogen) atoms. The van der Waals surface area contributed by atoms with E-state index >= 15 is 0 Å². The number of nitrogens with zero attached hydrogens (tertiary/aromatic N) is 1. The Hall–Kier alpha value is -2.54. The van der Waals surface area contributed by atoms with Gasteiger partial charge in [-0.25, -0.2) is 5.43 Å². The van der Waals surface area contributed by atoms with Crippen molar-refractivity contribution in [3.05, 3.63) is 52.0 Å². The maximum atomic E-state index is 12.3. The van der Waals surface area contributed by atoms with Crippen molar-refractivity contribution in [2.75, 3.05) is 20.3 Å². The van der Waals surface area contributed by atoms with Crippen molar-refractivity contribution >= 4 is 28.1 Å². The van der Waals surface area contributed by atoms with Crippen LogP contribution in [0.3, 0.4) is 0 Å². The number of methoxy groups -OCH3 is 1. The van der Waals surface area contributed by atoms with Crippen LogP contribution >= 0.6 is 15.9 Å². The summed E-state index contributed by atoms with van der Waals surface area (Å²) >= 11 is 3.39. The number of amides is 1. The van der Waals surface area contributed by atoms with Crippen LogP contribution in [0.5, 0.6) is 17.2 Å². The summed E-state index contributed by atoms with van der Waals surface area (Å²) in [6, 6.07) is 10.5. The summed E-state index contributed by atoms with van der Waals surface area (Å²) in [5, 5.41) is 4.00. The Balaban J connectivity index is 2.12. The monoisotopic (exact) mass is 420 g/mol. The van der Waals surface area contributed by atoms with Crippen molar-refractivity contribution in [3.63, 3.8) is 0 Å². The maximum absolute atomic E-state index is 12.3. The lowest BCUT2D eigenvalue weighted by Crippen LogP contribution is -2.17. The molecule has 0 radical (unpaired) electrons. The van der Waals surface area contributed by atoms with Gasteiger partial charge in [-0.05, 0) is 50.2 Å². The fourth-order valence-electron chi connectivity index (χ4n) is 2.22. The normalized spacial score (nSPS) is 10.6. The lowest BCUT2D eigenvalue weighted by molar-refractivity contribution is 0.0954. The zero-order valence-electron chi connectivity index (χ0n) is 14.9. The molecule has 0 atom stereocenters. The van der Waals surface area contributed by atoms with E-state index in [1.807, 2.05) is 32.0 Å². The summed E-state index contributed by atoms with van der Waals surface area (Å²) in [5.74, 6) is 1.44. The van der Waals surface area contributed by atoms with Crippen LogP contribution in [0.15, 0.2) is 46.0 Å². The smallest absolute Gasteiger partial charge is 0.271 e. The minimum atomic E-state index is -0.348. The number of hydrogen-bond donors (Lipinski definition) is 1. The van der Waals surface area contributed by atoms with Crippen molar-refractivity contribution in [1.82, 2.24) is 5.43 Å². The molecule has 0 aliphatic rings. The van der Waals surface area contributed by atoms with E-state index in [0.29, 0.717) is 36.0 Å². The topological polar surface area (TPSA) is 69.2 Å². The predicted molar refractivity (Wildman–Crippen MR) is 105 cm³/mol. The minimum absolute atomic E-state index is 0.348. The number of ether oxygens (including phenoxy) is 3. The molecule has 2 aromatic rings. The van der Waals surface area contributed by atoms with Crippen LogP contribution in [-0.4, -0.2) is 32.4 Å². The zero-order chi connectivity index (χ0) is 18.9. The molecule has 0 aliphatic carbocycles. The van der Waals surface area contributed by atoms with Gasteiger partial charge in [-0.2, -0.15) is 5.10 Å². The Morgan fingerprint density at radius 2 is 1.77 bits per heavy atom. The lowest BCUT2D eigenvalue weighted by atomic mass is 10.2. The molecule has 0 saturated heterocycles. The first-order valence-electron chi connectivity index (χ1n) is 8.15. The van der Waals surface area contributed by atoms with E-state index in [0.717, 1.165) is 10.0 Å². The van der Waals surface area contributed by atoms with E-state index in [2.05, 4.69) is 26.5 Å². The van der Waals surface area contributed by atoms with Gasteiger partial charge in [0.1, 0.15) is 5.75 Å². The van der Waals surface area contributed by atoms with E-state index in [1.54, 1.807) is 25.3 Å². The second kappa shape index (κ2) is 9.82. The molecular formula is C19H21BrN2O4. The van der Waals surface area contributed by atoms with Crippen LogP contribution in [0.1, 0.15) is 29.8 Å². The molecule has 0 fully saturated rings. The van der Waals surface area contributed by atoms with Gasteiger partial charge in [-0.15, -0.1) is 0 Å². The van der Waals surface area contributed by atoms with Crippen LogP contribution in [0.25, 0.3) is 0 Å². The SMILES string of the molecule is CCOc1ccc(C(=O)N/N=C/c2cc(Br)ccc2OC)cc1OCC. The highest BCUT2D eigenvalue weighted by Gasteiger charge is 2.11. The summed E-state index contributed by atoms with van der Waals surface area (Å²) < 4.78 is 17.2. The van der Waals surface area contributed by atoms with E-state index < -0.39 is 0 Å². The summed E-state index contributed by atoms with van der Waals surface area (Å²) in [6.45, 7) is 4.76. The lowest BCUT2D eigenvalue weighted by Gasteiger charge is -2.11. The molecule has 0 aliphatic heterocycles. The van der Waals surface area contributed by atoms with Crippen molar-refractivity contribution in [2.45, 2.75) is 13.8 Å². The Morgan fingerprint density at radius 3 is 2.46 bits per heavy atom. The van der Waals surface area contributed by atoms with Crippen LogP contribution in [0.2, 0.25) is 0 Å². The van der Waals surface area contributed by atoms with E-state index in [-0.39, 0.29) is 5.91 Å².